The Kier molecular flexibility index (Phi) is 4.92. The summed E-state index contributed by atoms with van der Waals surface area (Å²) in [7, 11) is 0. The second-order valence-electron chi connectivity index (χ2n) is 5.57. The lowest BCUT2D eigenvalue weighted by Gasteiger charge is -2.25. The maximum Gasteiger partial charge on any atom is 0.412 e. The third-order valence-electron chi connectivity index (χ3n) is 3.24. The standard InChI is InChI=1S/C14H20F3N3O/c1-10(2)7-18-8-12-9-21-13(19-12)20-5-3-11(4-6-20)14(15,16)17/h3,9-10,18H,4-8H2,1-2H3. The van der Waals surface area contributed by atoms with Gasteiger partial charge in [0.05, 0.1) is 5.69 Å². The van der Waals surface area contributed by atoms with Gasteiger partial charge in [-0.3, -0.25) is 0 Å². The first-order valence-corrected chi connectivity index (χ1v) is 7.02. The molecule has 2 heterocycles. The van der Waals surface area contributed by atoms with Gasteiger partial charge >= 0.3 is 6.18 Å². The van der Waals surface area contributed by atoms with Crippen LogP contribution in [0, 0.1) is 5.92 Å². The molecule has 0 spiro atoms. The summed E-state index contributed by atoms with van der Waals surface area (Å²) in [5.74, 6) is 0.546. The molecule has 118 valence electrons. The van der Waals surface area contributed by atoms with Gasteiger partial charge in [-0.15, -0.1) is 0 Å². The molecule has 1 aromatic heterocycles. The number of nitrogens with zero attached hydrogens (tertiary/aromatic N) is 2. The summed E-state index contributed by atoms with van der Waals surface area (Å²) in [5, 5.41) is 3.24. The number of nitrogens with one attached hydrogen (secondary N) is 1. The summed E-state index contributed by atoms with van der Waals surface area (Å²) in [4.78, 5) is 6.01. The van der Waals surface area contributed by atoms with Crippen LogP contribution in [0.25, 0.3) is 0 Å². The minimum Gasteiger partial charge on any atom is -0.432 e. The molecule has 0 aliphatic carbocycles. The third-order valence-corrected chi connectivity index (χ3v) is 3.24. The molecular weight excluding hydrogens is 283 g/mol. The largest absolute Gasteiger partial charge is 0.432 e. The molecule has 0 saturated heterocycles. The minimum atomic E-state index is -4.23. The van der Waals surface area contributed by atoms with E-state index in [0.717, 1.165) is 12.2 Å². The zero-order valence-corrected chi connectivity index (χ0v) is 12.2. The molecule has 0 fully saturated rings. The Morgan fingerprint density at radius 3 is 2.76 bits per heavy atom. The van der Waals surface area contributed by atoms with E-state index in [2.05, 4.69) is 24.1 Å². The first-order chi connectivity index (χ1) is 9.86. The van der Waals surface area contributed by atoms with E-state index in [0.29, 0.717) is 18.5 Å². The molecule has 1 aromatic rings. The SMILES string of the molecule is CC(C)CNCc1coc(N2CC=C(C(F)(F)F)CC2)n1. The number of oxazole rings is 1. The summed E-state index contributed by atoms with van der Waals surface area (Å²) < 4.78 is 43.0. The van der Waals surface area contributed by atoms with Gasteiger partial charge in [0.2, 0.25) is 0 Å². The van der Waals surface area contributed by atoms with Crippen LogP contribution in [0.4, 0.5) is 19.2 Å². The van der Waals surface area contributed by atoms with Crippen molar-refractivity contribution in [3.05, 3.63) is 23.6 Å². The zero-order chi connectivity index (χ0) is 15.5. The van der Waals surface area contributed by atoms with E-state index in [4.69, 9.17) is 4.42 Å². The van der Waals surface area contributed by atoms with Gasteiger partial charge in [-0.25, -0.2) is 0 Å². The van der Waals surface area contributed by atoms with Gasteiger partial charge in [-0.05, 0) is 18.9 Å². The van der Waals surface area contributed by atoms with Gasteiger partial charge in [0.1, 0.15) is 6.26 Å². The van der Waals surface area contributed by atoms with Crippen LogP contribution in [0.3, 0.4) is 0 Å². The summed E-state index contributed by atoms with van der Waals surface area (Å²) in [6.07, 6.45) is -1.52. The number of aromatic nitrogens is 1. The lowest BCUT2D eigenvalue weighted by atomic mass is 10.1. The van der Waals surface area contributed by atoms with E-state index in [1.165, 1.54) is 6.08 Å². The summed E-state index contributed by atoms with van der Waals surface area (Å²) in [6.45, 7) is 6.14. The van der Waals surface area contributed by atoms with Crippen LogP contribution in [0.2, 0.25) is 0 Å². The van der Waals surface area contributed by atoms with Gasteiger partial charge in [-0.2, -0.15) is 18.2 Å². The second kappa shape index (κ2) is 6.51. The fraction of sp³-hybridized carbons (Fsp3) is 0.643. The minimum absolute atomic E-state index is 0.0349. The molecule has 0 bridgehead atoms. The first-order valence-electron chi connectivity index (χ1n) is 7.02. The lowest BCUT2D eigenvalue weighted by molar-refractivity contribution is -0.0944. The smallest absolute Gasteiger partial charge is 0.412 e. The Labute approximate surface area is 122 Å². The molecule has 2 rings (SSSR count). The van der Waals surface area contributed by atoms with Crippen LogP contribution >= 0.6 is 0 Å². The van der Waals surface area contributed by atoms with Crippen molar-refractivity contribution in [2.75, 3.05) is 24.5 Å². The molecule has 1 N–H and O–H groups in total. The molecule has 0 saturated carbocycles. The predicted molar refractivity (Wildman–Crippen MR) is 74.0 cm³/mol. The molecule has 0 aromatic carbocycles. The number of halogens is 3. The monoisotopic (exact) mass is 303 g/mol. The van der Waals surface area contributed by atoms with Crippen molar-refractivity contribution in [1.29, 1.82) is 0 Å². The van der Waals surface area contributed by atoms with Crippen LogP contribution in [0.15, 0.2) is 22.3 Å². The highest BCUT2D eigenvalue weighted by Gasteiger charge is 2.35. The van der Waals surface area contributed by atoms with Gasteiger partial charge in [0.25, 0.3) is 6.01 Å². The molecule has 1 aliphatic heterocycles. The van der Waals surface area contributed by atoms with Gasteiger partial charge in [0.15, 0.2) is 0 Å². The third kappa shape index (κ3) is 4.49. The molecule has 0 unspecified atom stereocenters. The van der Waals surface area contributed by atoms with E-state index in [1.54, 1.807) is 11.2 Å². The predicted octanol–water partition coefficient (Wildman–Crippen LogP) is 3.12. The zero-order valence-electron chi connectivity index (χ0n) is 12.2. The number of hydrogen-bond acceptors (Lipinski definition) is 4. The molecule has 0 amide bonds. The van der Waals surface area contributed by atoms with Gasteiger partial charge in [0, 0.05) is 25.2 Å². The molecule has 0 radical (unpaired) electrons. The van der Waals surface area contributed by atoms with Gasteiger partial charge in [-0.1, -0.05) is 19.9 Å². The molecule has 7 heteroatoms. The van der Waals surface area contributed by atoms with Crippen molar-refractivity contribution < 1.29 is 17.6 Å². The van der Waals surface area contributed by atoms with Crippen LogP contribution in [0.5, 0.6) is 0 Å². The summed E-state index contributed by atoms with van der Waals surface area (Å²) in [6, 6.07) is 0.383. The highest BCUT2D eigenvalue weighted by molar-refractivity contribution is 5.33. The van der Waals surface area contributed by atoms with E-state index < -0.39 is 11.7 Å². The fourth-order valence-electron chi connectivity index (χ4n) is 2.11. The molecule has 4 nitrogen and oxygen atoms in total. The van der Waals surface area contributed by atoms with E-state index in [-0.39, 0.29) is 19.5 Å². The van der Waals surface area contributed by atoms with Gasteiger partial charge < -0.3 is 14.6 Å². The number of anilines is 1. The summed E-state index contributed by atoms with van der Waals surface area (Å²) >= 11 is 0. The second-order valence-corrected chi connectivity index (χ2v) is 5.57. The Morgan fingerprint density at radius 1 is 1.43 bits per heavy atom. The lowest BCUT2D eigenvalue weighted by Crippen LogP contribution is -2.32. The fourth-order valence-corrected chi connectivity index (χ4v) is 2.11. The van der Waals surface area contributed by atoms with Crippen LogP contribution in [-0.4, -0.2) is 30.8 Å². The van der Waals surface area contributed by atoms with Crippen LogP contribution < -0.4 is 10.2 Å². The van der Waals surface area contributed by atoms with E-state index >= 15 is 0 Å². The Bertz CT molecular complexity index is 494. The Balaban J connectivity index is 1.89. The van der Waals surface area contributed by atoms with Crippen molar-refractivity contribution >= 4 is 6.01 Å². The number of rotatable bonds is 5. The van der Waals surface area contributed by atoms with E-state index in [1.807, 2.05) is 0 Å². The molecule has 0 atom stereocenters. The average molecular weight is 303 g/mol. The van der Waals surface area contributed by atoms with Crippen LogP contribution in [0.1, 0.15) is 26.0 Å². The number of alkyl halides is 3. The van der Waals surface area contributed by atoms with Crippen molar-refractivity contribution in [2.45, 2.75) is 33.0 Å². The maximum atomic E-state index is 12.5. The quantitative estimate of drug-likeness (QED) is 0.849. The Morgan fingerprint density at radius 2 is 2.19 bits per heavy atom. The highest BCUT2D eigenvalue weighted by atomic mass is 19.4. The first kappa shape index (κ1) is 15.9. The maximum absolute atomic E-state index is 12.5. The highest BCUT2D eigenvalue weighted by Crippen LogP contribution is 2.31. The average Bonchev–Trinajstić information content (AvgIpc) is 2.86. The summed E-state index contributed by atoms with van der Waals surface area (Å²) in [5.41, 5.74) is 0.292. The van der Waals surface area contributed by atoms with Crippen molar-refractivity contribution in [3.63, 3.8) is 0 Å². The Hall–Kier alpha value is -1.50. The van der Waals surface area contributed by atoms with E-state index in [9.17, 15) is 13.2 Å². The van der Waals surface area contributed by atoms with Crippen LogP contribution in [-0.2, 0) is 6.54 Å². The normalized spacial score (nSPS) is 16.5. The molecular formula is C14H20F3N3O. The molecule has 1 aliphatic rings. The van der Waals surface area contributed by atoms with Crippen molar-refractivity contribution in [3.8, 4) is 0 Å². The topological polar surface area (TPSA) is 41.3 Å². The van der Waals surface area contributed by atoms with Crippen molar-refractivity contribution in [1.82, 2.24) is 10.3 Å². The molecule has 21 heavy (non-hydrogen) atoms. The number of hydrogen-bond donors (Lipinski definition) is 1. The van der Waals surface area contributed by atoms with Crippen molar-refractivity contribution in [2.24, 2.45) is 5.92 Å².